The van der Waals surface area contributed by atoms with Gasteiger partial charge < -0.3 is 18.9 Å². The summed E-state index contributed by atoms with van der Waals surface area (Å²) in [6, 6.07) is 0.128. The summed E-state index contributed by atoms with van der Waals surface area (Å²) >= 11 is 10.7. The Morgan fingerprint density at radius 2 is 1.73 bits per heavy atom. The SMILES string of the molecule is CC(=O)OCOC(COCCl)COCCl. The summed E-state index contributed by atoms with van der Waals surface area (Å²) in [4.78, 5) is 10.4. The summed E-state index contributed by atoms with van der Waals surface area (Å²) in [6.07, 6.45) is -0.359. The molecule has 0 aromatic heterocycles. The molecule has 0 fully saturated rings. The van der Waals surface area contributed by atoms with E-state index in [0.29, 0.717) is 0 Å². The Morgan fingerprint density at radius 1 is 1.20 bits per heavy atom. The van der Waals surface area contributed by atoms with Gasteiger partial charge in [0.05, 0.1) is 13.2 Å². The number of esters is 1. The van der Waals surface area contributed by atoms with Gasteiger partial charge in [-0.15, -0.1) is 0 Å². The lowest BCUT2D eigenvalue weighted by Crippen LogP contribution is -2.27. The molecule has 0 bridgehead atoms. The molecule has 0 aliphatic carbocycles. The van der Waals surface area contributed by atoms with Crippen LogP contribution in [0.4, 0.5) is 0 Å². The quantitative estimate of drug-likeness (QED) is 0.356. The summed E-state index contributed by atoms with van der Waals surface area (Å²) in [5.41, 5.74) is 0. The summed E-state index contributed by atoms with van der Waals surface area (Å²) in [7, 11) is 0. The molecule has 0 aliphatic heterocycles. The Morgan fingerprint density at radius 3 is 2.13 bits per heavy atom. The fourth-order valence-corrected chi connectivity index (χ4v) is 0.888. The van der Waals surface area contributed by atoms with Gasteiger partial charge in [0.2, 0.25) is 0 Å². The Kier molecular flexibility index (Phi) is 10.4. The predicted octanol–water partition coefficient (Wildman–Crippen LogP) is 1.32. The van der Waals surface area contributed by atoms with Crippen molar-refractivity contribution in [2.75, 3.05) is 32.1 Å². The number of carbonyl (C=O) groups excluding carboxylic acids is 1. The molecule has 0 radical (unpaired) electrons. The monoisotopic (exact) mass is 260 g/mol. The van der Waals surface area contributed by atoms with Crippen molar-refractivity contribution in [1.82, 2.24) is 0 Å². The van der Waals surface area contributed by atoms with Gasteiger partial charge in [0.1, 0.15) is 18.2 Å². The summed E-state index contributed by atoms with van der Waals surface area (Å²) < 4.78 is 19.6. The van der Waals surface area contributed by atoms with Gasteiger partial charge >= 0.3 is 5.97 Å². The molecule has 0 rings (SSSR count). The molecule has 90 valence electrons. The van der Waals surface area contributed by atoms with Crippen LogP contribution >= 0.6 is 23.2 Å². The van der Waals surface area contributed by atoms with Crippen molar-refractivity contribution in [3.05, 3.63) is 0 Å². The van der Waals surface area contributed by atoms with Crippen molar-refractivity contribution < 1.29 is 23.7 Å². The number of alkyl halides is 2. The van der Waals surface area contributed by atoms with E-state index >= 15 is 0 Å². The maximum absolute atomic E-state index is 10.4. The first-order valence-corrected chi connectivity index (χ1v) is 5.30. The molecule has 0 aromatic rings. The number of halogens is 2. The third kappa shape index (κ3) is 10.2. The zero-order valence-corrected chi connectivity index (χ0v) is 9.92. The van der Waals surface area contributed by atoms with Crippen molar-refractivity contribution in [3.8, 4) is 0 Å². The van der Waals surface area contributed by atoms with E-state index in [1.807, 2.05) is 0 Å². The molecule has 0 unspecified atom stereocenters. The highest BCUT2D eigenvalue weighted by molar-refractivity contribution is 6.17. The predicted molar refractivity (Wildman–Crippen MR) is 54.9 cm³/mol. The van der Waals surface area contributed by atoms with Crippen LogP contribution < -0.4 is 0 Å². The number of carbonyl (C=O) groups is 1. The number of hydrogen-bond donors (Lipinski definition) is 0. The first-order chi connectivity index (χ1) is 7.20. The van der Waals surface area contributed by atoms with E-state index < -0.39 is 5.97 Å². The van der Waals surface area contributed by atoms with E-state index in [1.165, 1.54) is 6.92 Å². The third-order valence-electron chi connectivity index (χ3n) is 1.33. The largest absolute Gasteiger partial charge is 0.439 e. The normalized spacial score (nSPS) is 10.7. The highest BCUT2D eigenvalue weighted by Crippen LogP contribution is 1.97. The average molecular weight is 261 g/mol. The van der Waals surface area contributed by atoms with Crippen LogP contribution in [0.3, 0.4) is 0 Å². The molecule has 0 atom stereocenters. The van der Waals surface area contributed by atoms with Gasteiger partial charge in [-0.25, -0.2) is 0 Å². The van der Waals surface area contributed by atoms with E-state index in [0.717, 1.165) is 0 Å². The second-order valence-electron chi connectivity index (χ2n) is 2.50. The highest BCUT2D eigenvalue weighted by Gasteiger charge is 2.10. The van der Waals surface area contributed by atoms with E-state index in [1.54, 1.807) is 0 Å². The minimum atomic E-state index is -0.412. The lowest BCUT2D eigenvalue weighted by Gasteiger charge is -2.16. The van der Waals surface area contributed by atoms with Gasteiger partial charge in [-0.05, 0) is 0 Å². The smallest absolute Gasteiger partial charge is 0.304 e. The van der Waals surface area contributed by atoms with E-state index in [2.05, 4.69) is 4.74 Å². The molecule has 0 heterocycles. The van der Waals surface area contributed by atoms with Crippen molar-refractivity contribution in [2.24, 2.45) is 0 Å². The fraction of sp³-hybridized carbons (Fsp3) is 0.875. The van der Waals surface area contributed by atoms with Gasteiger partial charge in [-0.3, -0.25) is 4.79 Å². The lowest BCUT2D eigenvalue weighted by molar-refractivity contribution is -0.164. The molecule has 0 saturated carbocycles. The van der Waals surface area contributed by atoms with Gasteiger partial charge in [0.15, 0.2) is 6.79 Å². The highest BCUT2D eigenvalue weighted by atomic mass is 35.5. The van der Waals surface area contributed by atoms with E-state index in [4.69, 9.17) is 37.4 Å². The minimum absolute atomic E-state index is 0.0638. The molecule has 0 saturated heterocycles. The summed E-state index contributed by atoms with van der Waals surface area (Å²) in [6.45, 7) is 1.66. The van der Waals surface area contributed by atoms with Crippen LogP contribution in [0, 0.1) is 0 Å². The first kappa shape index (κ1) is 14.9. The molecule has 0 spiro atoms. The molecule has 0 amide bonds. The fourth-order valence-electron chi connectivity index (χ4n) is 0.710. The van der Waals surface area contributed by atoms with Gasteiger partial charge in [0.25, 0.3) is 0 Å². The van der Waals surface area contributed by atoms with Crippen LogP contribution in [0.2, 0.25) is 0 Å². The van der Waals surface area contributed by atoms with Crippen LogP contribution in [0.25, 0.3) is 0 Å². The topological polar surface area (TPSA) is 54.0 Å². The Labute approximate surface area is 98.5 Å². The third-order valence-corrected chi connectivity index (χ3v) is 1.64. The van der Waals surface area contributed by atoms with Crippen LogP contribution in [-0.2, 0) is 23.7 Å². The van der Waals surface area contributed by atoms with Gasteiger partial charge in [0, 0.05) is 6.92 Å². The molecular weight excluding hydrogens is 247 g/mol. The second kappa shape index (κ2) is 10.4. The number of rotatable bonds is 9. The standard InChI is InChI=1S/C8H14Cl2O5/c1-7(11)14-6-15-8(2-12-4-9)3-13-5-10/h8H,2-6H2,1H3. The van der Waals surface area contributed by atoms with E-state index in [-0.39, 0.29) is 38.2 Å². The summed E-state index contributed by atoms with van der Waals surface area (Å²) in [5, 5.41) is 0. The zero-order chi connectivity index (χ0) is 11.5. The lowest BCUT2D eigenvalue weighted by atomic mass is 10.4. The molecule has 7 heteroatoms. The van der Waals surface area contributed by atoms with Crippen LogP contribution in [0.15, 0.2) is 0 Å². The van der Waals surface area contributed by atoms with Crippen LogP contribution in [-0.4, -0.2) is 44.2 Å². The van der Waals surface area contributed by atoms with E-state index in [9.17, 15) is 4.79 Å². The Balaban J connectivity index is 3.63. The second-order valence-corrected chi connectivity index (χ2v) is 2.94. The van der Waals surface area contributed by atoms with Crippen LogP contribution in [0.1, 0.15) is 6.92 Å². The minimum Gasteiger partial charge on any atom is -0.439 e. The average Bonchev–Trinajstić information content (AvgIpc) is 2.20. The Bertz CT molecular complexity index is 159. The van der Waals surface area contributed by atoms with Crippen molar-refractivity contribution >= 4 is 29.2 Å². The maximum atomic E-state index is 10.4. The molecule has 0 aliphatic rings. The molecular formula is C8H14Cl2O5. The zero-order valence-electron chi connectivity index (χ0n) is 8.41. The van der Waals surface area contributed by atoms with Gasteiger partial charge in [-0.2, -0.15) is 0 Å². The maximum Gasteiger partial charge on any atom is 0.304 e. The number of hydrogen-bond acceptors (Lipinski definition) is 5. The number of ether oxygens (including phenoxy) is 4. The van der Waals surface area contributed by atoms with Crippen LogP contribution in [0.5, 0.6) is 0 Å². The molecule has 0 N–H and O–H groups in total. The van der Waals surface area contributed by atoms with Crippen molar-refractivity contribution in [2.45, 2.75) is 13.0 Å². The van der Waals surface area contributed by atoms with Crippen molar-refractivity contribution in [1.29, 1.82) is 0 Å². The summed E-state index contributed by atoms with van der Waals surface area (Å²) in [5.74, 6) is -0.412. The Hall–Kier alpha value is -0.0700. The molecule has 5 nitrogen and oxygen atoms in total. The molecule has 0 aromatic carbocycles. The first-order valence-electron chi connectivity index (χ1n) is 4.23. The van der Waals surface area contributed by atoms with Gasteiger partial charge in [-0.1, -0.05) is 23.2 Å². The molecule has 15 heavy (non-hydrogen) atoms. The van der Waals surface area contributed by atoms with Crippen molar-refractivity contribution in [3.63, 3.8) is 0 Å².